The van der Waals surface area contributed by atoms with Gasteiger partial charge in [-0.05, 0) is 43.0 Å². The van der Waals surface area contributed by atoms with Gasteiger partial charge in [-0.3, -0.25) is 4.79 Å². The van der Waals surface area contributed by atoms with Crippen LogP contribution in [0.2, 0.25) is 0 Å². The Morgan fingerprint density at radius 3 is 2.81 bits per heavy atom. The van der Waals surface area contributed by atoms with Crippen LogP contribution in [0.15, 0.2) is 42.6 Å². The molecule has 162 valence electrons. The SMILES string of the molecule is O=C(C[C@H]1C[C@H]1c1nc2ccccc2[nH]1)N[C@@H]1CCN(c2ccc(C(F)(F)F)nc2)C1. The first kappa shape index (κ1) is 19.8. The van der Waals surface area contributed by atoms with E-state index in [-0.39, 0.29) is 23.8 Å². The molecule has 3 heterocycles. The summed E-state index contributed by atoms with van der Waals surface area (Å²) in [7, 11) is 0. The van der Waals surface area contributed by atoms with E-state index in [9.17, 15) is 18.0 Å². The van der Waals surface area contributed by atoms with Crippen LogP contribution in [0.5, 0.6) is 0 Å². The number of imidazole rings is 1. The standard InChI is InChI=1S/C22H22F3N5O/c23-22(24,25)19-6-5-15(11-26-19)30-8-7-14(12-30)27-20(31)10-13-9-16(13)21-28-17-3-1-2-4-18(17)29-21/h1-6,11,13-14,16H,7-10,12H2,(H,27,31)(H,28,29)/t13-,14-,16-/m1/s1. The van der Waals surface area contributed by atoms with Gasteiger partial charge in [0.25, 0.3) is 0 Å². The summed E-state index contributed by atoms with van der Waals surface area (Å²) < 4.78 is 38.0. The van der Waals surface area contributed by atoms with Crippen molar-refractivity contribution < 1.29 is 18.0 Å². The molecule has 2 fully saturated rings. The van der Waals surface area contributed by atoms with Crippen molar-refractivity contribution in [2.45, 2.75) is 37.4 Å². The Balaban J connectivity index is 1.12. The summed E-state index contributed by atoms with van der Waals surface area (Å²) in [6, 6.07) is 10.3. The fourth-order valence-corrected chi connectivity index (χ4v) is 4.33. The number of aromatic amines is 1. The smallest absolute Gasteiger partial charge is 0.368 e. The molecule has 0 bridgehead atoms. The van der Waals surface area contributed by atoms with Crippen molar-refractivity contribution >= 4 is 22.6 Å². The van der Waals surface area contributed by atoms with E-state index in [2.05, 4.69) is 20.3 Å². The Labute approximate surface area is 176 Å². The van der Waals surface area contributed by atoms with Crippen molar-refractivity contribution in [1.82, 2.24) is 20.3 Å². The van der Waals surface area contributed by atoms with Crippen LogP contribution in [0, 0.1) is 5.92 Å². The third-order valence-electron chi connectivity index (χ3n) is 6.09. The molecule has 0 unspecified atom stereocenters. The number of aromatic nitrogens is 3. The van der Waals surface area contributed by atoms with Gasteiger partial charge in [0.15, 0.2) is 0 Å². The Hall–Kier alpha value is -3.10. The number of nitrogens with one attached hydrogen (secondary N) is 2. The first-order chi connectivity index (χ1) is 14.9. The summed E-state index contributed by atoms with van der Waals surface area (Å²) in [5.41, 5.74) is 1.69. The number of carbonyl (C=O) groups is 1. The molecule has 31 heavy (non-hydrogen) atoms. The predicted octanol–water partition coefficient (Wildman–Crippen LogP) is 3.87. The zero-order valence-corrected chi connectivity index (χ0v) is 16.7. The summed E-state index contributed by atoms with van der Waals surface area (Å²) in [5.74, 6) is 1.54. The second-order valence-electron chi connectivity index (χ2n) is 8.34. The zero-order valence-electron chi connectivity index (χ0n) is 16.7. The molecule has 1 amide bonds. The molecular weight excluding hydrogens is 407 g/mol. The first-order valence-electron chi connectivity index (χ1n) is 10.4. The lowest BCUT2D eigenvalue weighted by Crippen LogP contribution is -2.37. The van der Waals surface area contributed by atoms with E-state index >= 15 is 0 Å². The Kier molecular flexibility index (Phi) is 4.83. The highest BCUT2D eigenvalue weighted by Gasteiger charge is 2.42. The van der Waals surface area contributed by atoms with E-state index in [0.717, 1.165) is 35.8 Å². The lowest BCUT2D eigenvalue weighted by Gasteiger charge is -2.19. The van der Waals surface area contributed by atoms with Crippen molar-refractivity contribution in [2.75, 3.05) is 18.0 Å². The van der Waals surface area contributed by atoms with E-state index in [1.807, 2.05) is 29.2 Å². The van der Waals surface area contributed by atoms with E-state index in [1.54, 1.807) is 0 Å². The number of alkyl halides is 3. The second kappa shape index (κ2) is 7.55. The van der Waals surface area contributed by atoms with E-state index in [1.165, 1.54) is 12.3 Å². The molecule has 9 heteroatoms. The molecule has 1 aromatic carbocycles. The van der Waals surface area contributed by atoms with Crippen LogP contribution in [-0.2, 0) is 11.0 Å². The molecule has 1 aliphatic heterocycles. The van der Waals surface area contributed by atoms with Gasteiger partial charge in [0.2, 0.25) is 5.91 Å². The average Bonchev–Trinajstić information content (AvgIpc) is 3.14. The Bertz CT molecular complexity index is 1060. The number of rotatable bonds is 5. The van der Waals surface area contributed by atoms with Gasteiger partial charge in [0, 0.05) is 31.5 Å². The van der Waals surface area contributed by atoms with Gasteiger partial charge < -0.3 is 15.2 Å². The van der Waals surface area contributed by atoms with Crippen LogP contribution in [0.1, 0.15) is 36.7 Å². The number of H-pyrrole nitrogens is 1. The third kappa shape index (κ3) is 4.22. The molecule has 0 spiro atoms. The first-order valence-corrected chi connectivity index (χ1v) is 10.4. The van der Waals surface area contributed by atoms with Crippen LogP contribution < -0.4 is 10.2 Å². The highest BCUT2D eigenvalue weighted by atomic mass is 19.4. The Morgan fingerprint density at radius 1 is 1.23 bits per heavy atom. The minimum absolute atomic E-state index is 0.0148. The molecule has 0 radical (unpaired) electrons. The maximum absolute atomic E-state index is 12.7. The maximum atomic E-state index is 12.7. The number of amides is 1. The molecule has 2 aromatic heterocycles. The number of pyridine rings is 1. The maximum Gasteiger partial charge on any atom is 0.433 e. The summed E-state index contributed by atoms with van der Waals surface area (Å²) in [6.45, 7) is 1.24. The van der Waals surface area contributed by atoms with Crippen molar-refractivity contribution in [2.24, 2.45) is 5.92 Å². The molecular formula is C22H22F3N5O. The largest absolute Gasteiger partial charge is 0.433 e. The second-order valence-corrected chi connectivity index (χ2v) is 8.34. The minimum atomic E-state index is -4.44. The van der Waals surface area contributed by atoms with Gasteiger partial charge in [-0.15, -0.1) is 0 Å². The molecule has 2 N–H and O–H groups in total. The third-order valence-corrected chi connectivity index (χ3v) is 6.09. The van der Waals surface area contributed by atoms with Crippen LogP contribution in [0.25, 0.3) is 11.0 Å². The van der Waals surface area contributed by atoms with E-state index in [0.29, 0.717) is 25.2 Å². The van der Waals surface area contributed by atoms with Gasteiger partial charge in [0.1, 0.15) is 11.5 Å². The fraction of sp³-hybridized carbons (Fsp3) is 0.409. The zero-order chi connectivity index (χ0) is 21.6. The van der Waals surface area contributed by atoms with Gasteiger partial charge >= 0.3 is 6.18 Å². The number of fused-ring (bicyclic) bond motifs is 1. The Morgan fingerprint density at radius 2 is 2.06 bits per heavy atom. The van der Waals surface area contributed by atoms with Crippen molar-refractivity contribution in [3.05, 3.63) is 54.1 Å². The number of anilines is 1. The lowest BCUT2D eigenvalue weighted by molar-refractivity contribution is -0.141. The highest BCUT2D eigenvalue weighted by Crippen LogP contribution is 2.48. The normalized spacial score (nSPS) is 23.3. The van der Waals surface area contributed by atoms with Crippen molar-refractivity contribution in [1.29, 1.82) is 0 Å². The number of nitrogens with zero attached hydrogens (tertiary/aromatic N) is 3. The molecule has 3 aromatic rings. The molecule has 1 aliphatic carbocycles. The van der Waals surface area contributed by atoms with E-state index < -0.39 is 11.9 Å². The summed E-state index contributed by atoms with van der Waals surface area (Å²) in [6.07, 6.45) is -1.04. The number of benzene rings is 1. The van der Waals surface area contributed by atoms with Crippen LogP contribution >= 0.6 is 0 Å². The van der Waals surface area contributed by atoms with Crippen LogP contribution in [0.3, 0.4) is 0 Å². The number of para-hydroxylation sites is 2. The summed E-state index contributed by atoms with van der Waals surface area (Å²) in [5, 5.41) is 3.07. The number of halogens is 3. The van der Waals surface area contributed by atoms with Gasteiger partial charge in [-0.2, -0.15) is 13.2 Å². The molecule has 1 saturated heterocycles. The molecule has 1 saturated carbocycles. The summed E-state index contributed by atoms with van der Waals surface area (Å²) >= 11 is 0. The quantitative estimate of drug-likeness (QED) is 0.646. The molecule has 3 atom stereocenters. The monoisotopic (exact) mass is 429 g/mol. The van der Waals surface area contributed by atoms with Crippen LogP contribution in [0.4, 0.5) is 18.9 Å². The predicted molar refractivity (Wildman–Crippen MR) is 110 cm³/mol. The fourth-order valence-electron chi connectivity index (χ4n) is 4.33. The van der Waals surface area contributed by atoms with Gasteiger partial charge in [-0.25, -0.2) is 9.97 Å². The van der Waals surface area contributed by atoms with Crippen molar-refractivity contribution in [3.8, 4) is 0 Å². The number of carbonyl (C=O) groups excluding carboxylic acids is 1. The average molecular weight is 429 g/mol. The van der Waals surface area contributed by atoms with E-state index in [4.69, 9.17) is 0 Å². The minimum Gasteiger partial charge on any atom is -0.368 e. The molecule has 5 rings (SSSR count). The van der Waals surface area contributed by atoms with Crippen LogP contribution in [-0.4, -0.2) is 40.0 Å². The van der Waals surface area contributed by atoms with Gasteiger partial charge in [-0.1, -0.05) is 12.1 Å². The van der Waals surface area contributed by atoms with Gasteiger partial charge in [0.05, 0.1) is 22.9 Å². The summed E-state index contributed by atoms with van der Waals surface area (Å²) in [4.78, 5) is 25.9. The topological polar surface area (TPSA) is 73.9 Å². The molecule has 2 aliphatic rings. The highest BCUT2D eigenvalue weighted by molar-refractivity contribution is 5.78. The lowest BCUT2D eigenvalue weighted by atomic mass is 10.2. The number of hydrogen-bond donors (Lipinski definition) is 2. The number of hydrogen-bond acceptors (Lipinski definition) is 4. The van der Waals surface area contributed by atoms with Crippen molar-refractivity contribution in [3.63, 3.8) is 0 Å². The molecule has 6 nitrogen and oxygen atoms in total.